The van der Waals surface area contributed by atoms with Gasteiger partial charge in [-0.05, 0) is 50.2 Å². The second-order valence-corrected chi connectivity index (χ2v) is 6.45. The Bertz CT molecular complexity index is 1150. The summed E-state index contributed by atoms with van der Waals surface area (Å²) in [4.78, 5) is 21.4. The van der Waals surface area contributed by atoms with Crippen molar-refractivity contribution >= 4 is 17.4 Å². The Morgan fingerprint density at radius 1 is 1.04 bits per heavy atom. The van der Waals surface area contributed by atoms with Crippen LogP contribution in [0.4, 0.5) is 5.69 Å². The number of rotatable bonds is 4. The second kappa shape index (κ2) is 7.11. The maximum atomic E-state index is 12.7. The van der Waals surface area contributed by atoms with Gasteiger partial charge in [0.2, 0.25) is 0 Å². The zero-order chi connectivity index (χ0) is 19.7. The van der Waals surface area contributed by atoms with Crippen LogP contribution in [0.5, 0.6) is 5.75 Å². The fourth-order valence-corrected chi connectivity index (χ4v) is 2.86. The zero-order valence-electron chi connectivity index (χ0n) is 15.8. The first-order chi connectivity index (χ1) is 13.5. The maximum Gasteiger partial charge on any atom is 0.259 e. The Hall–Kier alpha value is -3.74. The highest BCUT2D eigenvalue weighted by atomic mass is 16.5. The van der Waals surface area contributed by atoms with Crippen molar-refractivity contribution in [3.63, 3.8) is 0 Å². The molecule has 7 heteroatoms. The largest absolute Gasteiger partial charge is 0.497 e. The van der Waals surface area contributed by atoms with Gasteiger partial charge in [0.25, 0.3) is 11.7 Å². The van der Waals surface area contributed by atoms with E-state index in [1.165, 1.54) is 6.20 Å². The summed E-state index contributed by atoms with van der Waals surface area (Å²) in [7, 11) is 1.62. The number of ether oxygens (including phenoxy) is 1. The fraction of sp³-hybridized carbons (Fsp3) is 0.143. The van der Waals surface area contributed by atoms with E-state index in [1.54, 1.807) is 11.6 Å². The van der Waals surface area contributed by atoms with Gasteiger partial charge in [0, 0.05) is 17.4 Å². The number of benzene rings is 2. The lowest BCUT2D eigenvalue weighted by atomic mass is 10.2. The summed E-state index contributed by atoms with van der Waals surface area (Å²) in [6.45, 7) is 3.82. The molecule has 140 valence electrons. The van der Waals surface area contributed by atoms with E-state index in [0.29, 0.717) is 22.9 Å². The van der Waals surface area contributed by atoms with E-state index >= 15 is 0 Å². The predicted octanol–water partition coefficient (Wildman–Crippen LogP) is 3.67. The van der Waals surface area contributed by atoms with Gasteiger partial charge in [-0.3, -0.25) is 4.79 Å². The molecule has 2 aromatic heterocycles. The number of nitrogens with one attached hydrogen (secondary N) is 1. The number of carbonyl (C=O) groups is 1. The van der Waals surface area contributed by atoms with Crippen LogP contribution < -0.4 is 10.1 Å². The fourth-order valence-electron chi connectivity index (χ4n) is 2.86. The number of methoxy groups -OCH3 is 1. The van der Waals surface area contributed by atoms with Gasteiger partial charge in [0.1, 0.15) is 5.75 Å². The molecule has 0 atom stereocenters. The van der Waals surface area contributed by atoms with Gasteiger partial charge in [-0.15, -0.1) is 5.10 Å². The van der Waals surface area contributed by atoms with Crippen molar-refractivity contribution < 1.29 is 9.53 Å². The summed E-state index contributed by atoms with van der Waals surface area (Å²) < 4.78 is 6.76. The summed E-state index contributed by atoms with van der Waals surface area (Å²) in [6.07, 6.45) is 1.53. The van der Waals surface area contributed by atoms with Crippen molar-refractivity contribution in [2.24, 2.45) is 0 Å². The van der Waals surface area contributed by atoms with Crippen molar-refractivity contribution in [1.29, 1.82) is 0 Å². The highest BCUT2D eigenvalue weighted by molar-refractivity contribution is 6.04. The van der Waals surface area contributed by atoms with E-state index in [9.17, 15) is 4.79 Å². The number of aromatic nitrogens is 4. The SMILES string of the molecule is COc1ccc(-c2nc3ncc(C(=O)Nc4ccc(C)cc4)c(C)n3n2)cc1. The minimum absolute atomic E-state index is 0.239. The van der Waals surface area contributed by atoms with Gasteiger partial charge >= 0.3 is 0 Å². The Labute approximate surface area is 162 Å². The molecule has 1 amide bonds. The van der Waals surface area contributed by atoms with Gasteiger partial charge in [-0.25, -0.2) is 9.50 Å². The molecule has 0 bridgehead atoms. The van der Waals surface area contributed by atoms with Crippen LogP contribution in [-0.4, -0.2) is 32.6 Å². The summed E-state index contributed by atoms with van der Waals surface area (Å²) in [5.41, 5.74) is 3.82. The Balaban J connectivity index is 1.66. The lowest BCUT2D eigenvalue weighted by Gasteiger charge is -2.08. The first-order valence-corrected chi connectivity index (χ1v) is 8.80. The lowest BCUT2D eigenvalue weighted by molar-refractivity contribution is 0.102. The number of hydrogen-bond acceptors (Lipinski definition) is 5. The highest BCUT2D eigenvalue weighted by Gasteiger charge is 2.16. The molecule has 0 saturated carbocycles. The molecule has 0 aliphatic carbocycles. The normalized spacial score (nSPS) is 10.8. The van der Waals surface area contributed by atoms with Crippen LogP contribution in [0, 0.1) is 13.8 Å². The quantitative estimate of drug-likeness (QED) is 0.590. The molecular formula is C21H19N5O2. The van der Waals surface area contributed by atoms with Crippen LogP contribution in [0.1, 0.15) is 21.6 Å². The Morgan fingerprint density at radius 3 is 2.43 bits per heavy atom. The second-order valence-electron chi connectivity index (χ2n) is 6.45. The van der Waals surface area contributed by atoms with E-state index in [-0.39, 0.29) is 5.91 Å². The molecular weight excluding hydrogens is 354 g/mol. The number of nitrogens with zero attached hydrogens (tertiary/aromatic N) is 4. The molecule has 7 nitrogen and oxygen atoms in total. The molecule has 0 unspecified atom stereocenters. The van der Waals surface area contributed by atoms with Crippen molar-refractivity contribution in [2.75, 3.05) is 12.4 Å². The monoisotopic (exact) mass is 373 g/mol. The molecule has 28 heavy (non-hydrogen) atoms. The number of fused-ring (bicyclic) bond motifs is 1. The number of carbonyl (C=O) groups excluding carboxylic acids is 1. The van der Waals surface area contributed by atoms with Crippen molar-refractivity contribution in [3.05, 3.63) is 71.5 Å². The molecule has 0 aliphatic heterocycles. The van der Waals surface area contributed by atoms with Crippen molar-refractivity contribution in [3.8, 4) is 17.1 Å². The Morgan fingerprint density at radius 2 is 1.75 bits per heavy atom. The summed E-state index contributed by atoms with van der Waals surface area (Å²) in [5, 5.41) is 7.41. The molecule has 4 aromatic rings. The number of amides is 1. The summed E-state index contributed by atoms with van der Waals surface area (Å²) in [6, 6.07) is 15.1. The molecule has 0 radical (unpaired) electrons. The van der Waals surface area contributed by atoms with E-state index in [2.05, 4.69) is 20.4 Å². The minimum atomic E-state index is -0.239. The van der Waals surface area contributed by atoms with Gasteiger partial charge < -0.3 is 10.1 Å². The molecule has 0 fully saturated rings. The third-order valence-corrected chi connectivity index (χ3v) is 4.51. The number of hydrogen-bond donors (Lipinski definition) is 1. The molecule has 2 aromatic carbocycles. The van der Waals surface area contributed by atoms with Crippen LogP contribution in [0.3, 0.4) is 0 Å². The van der Waals surface area contributed by atoms with Crippen LogP contribution in [0.25, 0.3) is 17.2 Å². The van der Waals surface area contributed by atoms with E-state index in [0.717, 1.165) is 22.6 Å². The van der Waals surface area contributed by atoms with Gasteiger partial charge in [0.15, 0.2) is 5.82 Å². The van der Waals surface area contributed by atoms with Gasteiger partial charge in [-0.1, -0.05) is 17.7 Å². The average Bonchev–Trinajstić information content (AvgIpc) is 3.15. The van der Waals surface area contributed by atoms with E-state index in [4.69, 9.17) is 4.74 Å². The standard InChI is InChI=1S/C21H19N5O2/c1-13-4-8-16(9-5-13)23-20(27)18-12-22-21-24-19(25-26(21)14(18)2)15-6-10-17(28-3)11-7-15/h4-12H,1-3H3,(H,23,27). The molecule has 0 spiro atoms. The molecule has 0 saturated heterocycles. The van der Waals surface area contributed by atoms with Crippen molar-refractivity contribution in [1.82, 2.24) is 19.6 Å². The minimum Gasteiger partial charge on any atom is -0.497 e. The molecule has 0 aliphatic rings. The molecule has 1 N–H and O–H groups in total. The smallest absolute Gasteiger partial charge is 0.259 e. The van der Waals surface area contributed by atoms with Crippen LogP contribution in [0.2, 0.25) is 0 Å². The van der Waals surface area contributed by atoms with Crippen LogP contribution >= 0.6 is 0 Å². The lowest BCUT2D eigenvalue weighted by Crippen LogP contribution is -2.16. The summed E-state index contributed by atoms with van der Waals surface area (Å²) >= 11 is 0. The highest BCUT2D eigenvalue weighted by Crippen LogP contribution is 2.21. The van der Waals surface area contributed by atoms with Gasteiger partial charge in [-0.2, -0.15) is 4.98 Å². The zero-order valence-corrected chi connectivity index (χ0v) is 15.8. The average molecular weight is 373 g/mol. The molecule has 4 rings (SSSR count). The topological polar surface area (TPSA) is 81.4 Å². The summed E-state index contributed by atoms with van der Waals surface area (Å²) in [5.74, 6) is 1.50. The Kier molecular flexibility index (Phi) is 4.49. The van der Waals surface area contributed by atoms with Crippen LogP contribution in [0.15, 0.2) is 54.7 Å². The number of anilines is 1. The first kappa shape index (κ1) is 17.7. The first-order valence-electron chi connectivity index (χ1n) is 8.80. The van der Waals surface area contributed by atoms with Crippen LogP contribution in [-0.2, 0) is 0 Å². The van der Waals surface area contributed by atoms with Gasteiger partial charge in [0.05, 0.1) is 18.4 Å². The van der Waals surface area contributed by atoms with E-state index in [1.807, 2.05) is 62.4 Å². The third-order valence-electron chi connectivity index (χ3n) is 4.51. The predicted molar refractivity (Wildman–Crippen MR) is 107 cm³/mol. The van der Waals surface area contributed by atoms with Crippen molar-refractivity contribution in [2.45, 2.75) is 13.8 Å². The maximum absolute atomic E-state index is 12.7. The van der Waals surface area contributed by atoms with E-state index < -0.39 is 0 Å². The number of aryl methyl sites for hydroxylation is 2. The molecule has 2 heterocycles. The third kappa shape index (κ3) is 3.29.